The van der Waals surface area contributed by atoms with Gasteiger partial charge in [0.15, 0.2) is 0 Å². The highest BCUT2D eigenvalue weighted by atomic mass is 16.4. The normalized spacial score (nSPS) is 22.3. The summed E-state index contributed by atoms with van der Waals surface area (Å²) in [4.78, 5) is 24.2. The summed E-state index contributed by atoms with van der Waals surface area (Å²) in [5, 5.41) is 21.1. The minimum Gasteiger partial charge on any atom is -0.480 e. The highest BCUT2D eigenvalue weighted by Gasteiger charge is 2.38. The number of carboxylic acid groups (broad SMARTS) is 1. The number of aliphatic hydroxyl groups is 1. The van der Waals surface area contributed by atoms with Crippen molar-refractivity contribution in [2.24, 2.45) is 0 Å². The Bertz CT molecular complexity index is 486. The number of nitrogens with zero attached hydrogens (tertiary/aromatic N) is 1. The van der Waals surface area contributed by atoms with E-state index in [0.717, 1.165) is 10.5 Å². The van der Waals surface area contributed by atoms with Gasteiger partial charge in [-0.05, 0) is 19.1 Å². The lowest BCUT2D eigenvalue weighted by molar-refractivity contribution is -0.141. The number of aliphatic carboxylic acids is 1. The summed E-state index contributed by atoms with van der Waals surface area (Å²) in [7, 11) is 0. The van der Waals surface area contributed by atoms with E-state index in [1.165, 1.54) is 0 Å². The van der Waals surface area contributed by atoms with Crippen molar-refractivity contribution in [3.05, 3.63) is 29.8 Å². The molecule has 1 aromatic rings. The van der Waals surface area contributed by atoms with Gasteiger partial charge in [0, 0.05) is 18.7 Å². The van der Waals surface area contributed by atoms with Crippen molar-refractivity contribution in [1.82, 2.24) is 4.90 Å². The number of nitrogens with one attached hydrogen (secondary N) is 1. The van der Waals surface area contributed by atoms with Gasteiger partial charge in [0.1, 0.15) is 6.04 Å². The number of anilines is 1. The van der Waals surface area contributed by atoms with Crippen LogP contribution in [0.3, 0.4) is 0 Å². The Kier molecular flexibility index (Phi) is 3.71. The summed E-state index contributed by atoms with van der Waals surface area (Å²) < 4.78 is 0. The quantitative estimate of drug-likeness (QED) is 0.744. The van der Waals surface area contributed by atoms with Gasteiger partial charge in [-0.25, -0.2) is 9.59 Å². The summed E-state index contributed by atoms with van der Waals surface area (Å²) in [5.74, 6) is -1.10. The van der Waals surface area contributed by atoms with Crippen LogP contribution in [-0.2, 0) is 4.79 Å². The van der Waals surface area contributed by atoms with Crippen LogP contribution in [0.4, 0.5) is 10.5 Å². The molecule has 102 valence electrons. The van der Waals surface area contributed by atoms with Crippen molar-refractivity contribution in [2.45, 2.75) is 25.5 Å². The van der Waals surface area contributed by atoms with E-state index in [1.54, 1.807) is 12.1 Å². The van der Waals surface area contributed by atoms with Gasteiger partial charge < -0.3 is 20.4 Å². The number of urea groups is 1. The minimum atomic E-state index is -1.10. The van der Waals surface area contributed by atoms with E-state index in [0.29, 0.717) is 5.69 Å². The Morgan fingerprint density at radius 1 is 1.32 bits per heavy atom. The molecule has 0 aromatic heterocycles. The molecule has 0 spiro atoms. The monoisotopic (exact) mass is 264 g/mol. The van der Waals surface area contributed by atoms with Crippen LogP contribution >= 0.6 is 0 Å². The zero-order valence-electron chi connectivity index (χ0n) is 10.5. The fourth-order valence-corrected chi connectivity index (χ4v) is 2.10. The van der Waals surface area contributed by atoms with Crippen molar-refractivity contribution < 1.29 is 19.8 Å². The third-order valence-corrected chi connectivity index (χ3v) is 3.13. The second-order valence-electron chi connectivity index (χ2n) is 4.69. The number of carbonyl (C=O) groups is 2. The average molecular weight is 264 g/mol. The zero-order valence-corrected chi connectivity index (χ0v) is 10.5. The first-order chi connectivity index (χ1) is 8.97. The maximum absolute atomic E-state index is 12.0. The molecule has 0 bridgehead atoms. The number of aliphatic hydroxyl groups excluding tert-OH is 1. The molecule has 1 saturated heterocycles. The van der Waals surface area contributed by atoms with E-state index in [9.17, 15) is 14.7 Å². The molecule has 1 aliphatic heterocycles. The first kappa shape index (κ1) is 13.4. The van der Waals surface area contributed by atoms with Crippen LogP contribution in [0.5, 0.6) is 0 Å². The topological polar surface area (TPSA) is 89.9 Å². The van der Waals surface area contributed by atoms with Crippen LogP contribution in [0.15, 0.2) is 24.3 Å². The number of rotatable bonds is 2. The number of carboxylic acids is 1. The van der Waals surface area contributed by atoms with Crippen LogP contribution in [0, 0.1) is 6.92 Å². The molecule has 6 heteroatoms. The number of hydrogen-bond acceptors (Lipinski definition) is 3. The highest BCUT2D eigenvalue weighted by molar-refractivity contribution is 5.92. The molecule has 0 aliphatic carbocycles. The fourth-order valence-electron chi connectivity index (χ4n) is 2.10. The Morgan fingerprint density at radius 2 is 1.95 bits per heavy atom. The Morgan fingerprint density at radius 3 is 2.53 bits per heavy atom. The van der Waals surface area contributed by atoms with Gasteiger partial charge in [-0.1, -0.05) is 17.7 Å². The lowest BCUT2D eigenvalue weighted by atomic mass is 10.2. The Balaban J connectivity index is 2.06. The van der Waals surface area contributed by atoms with Crippen LogP contribution < -0.4 is 5.32 Å². The highest BCUT2D eigenvalue weighted by Crippen LogP contribution is 2.20. The number of likely N-dealkylation sites (tertiary alicyclic amines) is 1. The summed E-state index contributed by atoms with van der Waals surface area (Å²) >= 11 is 0. The summed E-state index contributed by atoms with van der Waals surface area (Å²) in [6.07, 6.45) is -0.721. The number of benzene rings is 1. The van der Waals surface area contributed by atoms with Gasteiger partial charge in [0.25, 0.3) is 0 Å². The van der Waals surface area contributed by atoms with Crippen LogP contribution in [-0.4, -0.2) is 45.8 Å². The molecule has 1 heterocycles. The third-order valence-electron chi connectivity index (χ3n) is 3.13. The molecule has 0 radical (unpaired) electrons. The van der Waals surface area contributed by atoms with Crippen molar-refractivity contribution in [1.29, 1.82) is 0 Å². The molecule has 19 heavy (non-hydrogen) atoms. The number of hydrogen-bond donors (Lipinski definition) is 3. The van der Waals surface area contributed by atoms with Gasteiger partial charge in [-0.3, -0.25) is 0 Å². The molecule has 2 atom stereocenters. The second-order valence-corrected chi connectivity index (χ2v) is 4.69. The zero-order chi connectivity index (χ0) is 14.0. The van der Waals surface area contributed by atoms with Gasteiger partial charge >= 0.3 is 12.0 Å². The van der Waals surface area contributed by atoms with Crippen LogP contribution in [0.1, 0.15) is 12.0 Å². The first-order valence-electron chi connectivity index (χ1n) is 6.02. The molecule has 2 rings (SSSR count). The molecule has 6 nitrogen and oxygen atoms in total. The van der Waals surface area contributed by atoms with Crippen molar-refractivity contribution in [2.75, 3.05) is 11.9 Å². The maximum atomic E-state index is 12.0. The van der Waals surface area contributed by atoms with Crippen molar-refractivity contribution in [3.8, 4) is 0 Å². The Labute approximate surface area is 110 Å². The van der Waals surface area contributed by atoms with E-state index in [1.807, 2.05) is 19.1 Å². The summed E-state index contributed by atoms with van der Waals surface area (Å²) in [5.41, 5.74) is 1.67. The van der Waals surface area contributed by atoms with Gasteiger partial charge in [0.2, 0.25) is 0 Å². The van der Waals surface area contributed by atoms with E-state index in [4.69, 9.17) is 5.11 Å². The maximum Gasteiger partial charge on any atom is 0.326 e. The number of β-amino-alcohol motifs (C(OH)–C–C–N with tert-alkyl or cyclic N) is 1. The molecule has 2 amide bonds. The first-order valence-corrected chi connectivity index (χ1v) is 6.02. The van der Waals surface area contributed by atoms with E-state index in [-0.39, 0.29) is 13.0 Å². The van der Waals surface area contributed by atoms with Crippen LogP contribution in [0.25, 0.3) is 0 Å². The predicted octanol–water partition coefficient (Wildman–Crippen LogP) is 1.05. The van der Waals surface area contributed by atoms with Crippen LogP contribution in [0.2, 0.25) is 0 Å². The van der Waals surface area contributed by atoms with Gasteiger partial charge in [-0.15, -0.1) is 0 Å². The predicted molar refractivity (Wildman–Crippen MR) is 69.0 cm³/mol. The smallest absolute Gasteiger partial charge is 0.326 e. The van der Waals surface area contributed by atoms with Gasteiger partial charge in [-0.2, -0.15) is 0 Å². The van der Waals surface area contributed by atoms with Crippen molar-refractivity contribution >= 4 is 17.7 Å². The number of amides is 2. The van der Waals surface area contributed by atoms with E-state index >= 15 is 0 Å². The van der Waals surface area contributed by atoms with E-state index < -0.39 is 24.1 Å². The molecule has 3 N–H and O–H groups in total. The standard InChI is InChI=1S/C13H16N2O4/c1-8-2-4-9(5-3-8)14-13(19)15-7-10(16)6-11(15)12(17)18/h2-5,10-11,16H,6-7H2,1H3,(H,14,19)(H,17,18). The summed E-state index contributed by atoms with van der Waals surface area (Å²) in [6.45, 7) is 1.97. The molecule has 1 aliphatic rings. The third kappa shape index (κ3) is 3.03. The molecular weight excluding hydrogens is 248 g/mol. The van der Waals surface area contributed by atoms with Crippen molar-refractivity contribution in [3.63, 3.8) is 0 Å². The second kappa shape index (κ2) is 5.27. The number of carbonyl (C=O) groups excluding carboxylic acids is 1. The lowest BCUT2D eigenvalue weighted by Crippen LogP contribution is -2.43. The fraction of sp³-hybridized carbons (Fsp3) is 0.385. The molecular formula is C13H16N2O4. The molecule has 1 aromatic carbocycles. The molecule has 0 saturated carbocycles. The molecule has 2 unspecified atom stereocenters. The van der Waals surface area contributed by atoms with E-state index in [2.05, 4.69) is 5.32 Å². The average Bonchev–Trinajstić information content (AvgIpc) is 2.74. The van der Waals surface area contributed by atoms with Gasteiger partial charge in [0.05, 0.1) is 6.10 Å². The molecule has 1 fully saturated rings. The SMILES string of the molecule is Cc1ccc(NC(=O)N2CC(O)CC2C(=O)O)cc1. The summed E-state index contributed by atoms with van der Waals surface area (Å²) in [6, 6.07) is 5.71. The number of aryl methyl sites for hydroxylation is 1. The lowest BCUT2D eigenvalue weighted by Gasteiger charge is -2.21. The largest absolute Gasteiger partial charge is 0.480 e. The Hall–Kier alpha value is -2.08. The minimum absolute atomic E-state index is 0.0364.